The Morgan fingerprint density at radius 3 is 2.76 bits per heavy atom. The molecule has 2 rings (SSSR count). The minimum Gasteiger partial charge on any atom is -0.493 e. The van der Waals surface area contributed by atoms with Gasteiger partial charge in [-0.05, 0) is 49.1 Å². The van der Waals surface area contributed by atoms with Crippen molar-refractivity contribution in [2.24, 2.45) is 0 Å². The molecular weight excluding hydrogens is 336 g/mol. The molecule has 0 saturated heterocycles. The highest BCUT2D eigenvalue weighted by Gasteiger charge is 2.11. The first-order valence-corrected chi connectivity index (χ1v) is 8.67. The molecule has 130 valence electrons. The fourth-order valence-electron chi connectivity index (χ4n) is 2.09. The Kier molecular flexibility index (Phi) is 6.61. The summed E-state index contributed by atoms with van der Waals surface area (Å²) in [5.41, 5.74) is 0.735. The van der Waals surface area contributed by atoms with E-state index in [1.54, 1.807) is 36.6 Å². The van der Waals surface area contributed by atoms with Crippen LogP contribution in [0.25, 0.3) is 6.08 Å². The second-order valence-corrected chi connectivity index (χ2v) is 6.61. The number of hydrogen-bond donors (Lipinski definition) is 1. The van der Waals surface area contributed by atoms with Gasteiger partial charge in [0.15, 0.2) is 11.5 Å². The molecule has 1 N–H and O–H groups in total. The summed E-state index contributed by atoms with van der Waals surface area (Å²) in [5, 5.41) is 13.9. The Hall–Kier alpha value is -2.78. The third-order valence-corrected chi connectivity index (χ3v) is 4.08. The van der Waals surface area contributed by atoms with E-state index < -0.39 is 5.91 Å². The van der Waals surface area contributed by atoms with Crippen LogP contribution in [-0.2, 0) is 11.4 Å². The van der Waals surface area contributed by atoms with E-state index in [0.717, 1.165) is 4.88 Å². The Morgan fingerprint density at radius 2 is 2.16 bits per heavy atom. The number of rotatable bonds is 7. The zero-order valence-corrected chi connectivity index (χ0v) is 15.2. The van der Waals surface area contributed by atoms with E-state index in [1.165, 1.54) is 6.08 Å². The van der Waals surface area contributed by atoms with Crippen LogP contribution < -0.4 is 14.8 Å². The molecule has 0 aliphatic rings. The van der Waals surface area contributed by atoms with Crippen molar-refractivity contribution in [2.45, 2.75) is 26.5 Å². The van der Waals surface area contributed by atoms with Gasteiger partial charge in [0.05, 0.1) is 7.11 Å². The molecule has 0 unspecified atom stereocenters. The van der Waals surface area contributed by atoms with Crippen LogP contribution in [0.2, 0.25) is 0 Å². The molecule has 0 aliphatic carbocycles. The molecular formula is C19H20N2O3S. The Bertz CT molecular complexity index is 789. The molecule has 6 heteroatoms. The SMILES string of the molecule is COc1cc(/C=C(\C#N)C(=O)NC(C)C)ccc1OCc1cccs1. The molecule has 1 heterocycles. The summed E-state index contributed by atoms with van der Waals surface area (Å²) in [5.74, 6) is 0.763. The molecule has 0 bridgehead atoms. The second kappa shape index (κ2) is 8.90. The van der Waals surface area contributed by atoms with Gasteiger partial charge in [-0.1, -0.05) is 12.1 Å². The van der Waals surface area contributed by atoms with E-state index in [0.29, 0.717) is 23.7 Å². The maximum absolute atomic E-state index is 12.0. The lowest BCUT2D eigenvalue weighted by molar-refractivity contribution is -0.117. The van der Waals surface area contributed by atoms with Crippen molar-refractivity contribution < 1.29 is 14.3 Å². The van der Waals surface area contributed by atoms with Crippen molar-refractivity contribution in [2.75, 3.05) is 7.11 Å². The van der Waals surface area contributed by atoms with Gasteiger partial charge in [0.1, 0.15) is 18.2 Å². The molecule has 25 heavy (non-hydrogen) atoms. The van der Waals surface area contributed by atoms with Crippen LogP contribution in [0.5, 0.6) is 11.5 Å². The third-order valence-electron chi connectivity index (χ3n) is 3.23. The molecule has 0 radical (unpaired) electrons. The van der Waals surface area contributed by atoms with Crippen molar-refractivity contribution in [3.8, 4) is 17.6 Å². The summed E-state index contributed by atoms with van der Waals surface area (Å²) < 4.78 is 11.1. The average molecular weight is 356 g/mol. The first-order valence-electron chi connectivity index (χ1n) is 7.79. The Morgan fingerprint density at radius 1 is 1.36 bits per heavy atom. The highest BCUT2D eigenvalue weighted by atomic mass is 32.1. The van der Waals surface area contributed by atoms with Gasteiger partial charge < -0.3 is 14.8 Å². The van der Waals surface area contributed by atoms with Gasteiger partial charge in [-0.2, -0.15) is 5.26 Å². The van der Waals surface area contributed by atoms with Crippen LogP contribution in [0.4, 0.5) is 0 Å². The van der Waals surface area contributed by atoms with Crippen molar-refractivity contribution in [3.05, 3.63) is 51.7 Å². The molecule has 0 saturated carbocycles. The first-order chi connectivity index (χ1) is 12.0. The summed E-state index contributed by atoms with van der Waals surface area (Å²) in [6, 6.07) is 11.2. The molecule has 0 fully saturated rings. The van der Waals surface area contributed by atoms with E-state index in [1.807, 2.05) is 37.4 Å². The van der Waals surface area contributed by atoms with Crippen molar-refractivity contribution in [1.29, 1.82) is 5.26 Å². The summed E-state index contributed by atoms with van der Waals surface area (Å²) in [7, 11) is 1.55. The first kappa shape index (κ1) is 18.6. The largest absolute Gasteiger partial charge is 0.493 e. The van der Waals surface area contributed by atoms with Crippen LogP contribution in [0.1, 0.15) is 24.3 Å². The molecule has 1 aromatic carbocycles. The number of nitrogens with one attached hydrogen (secondary N) is 1. The van der Waals surface area contributed by atoms with Gasteiger partial charge >= 0.3 is 0 Å². The topological polar surface area (TPSA) is 71.3 Å². The highest BCUT2D eigenvalue weighted by Crippen LogP contribution is 2.30. The van der Waals surface area contributed by atoms with Crippen LogP contribution >= 0.6 is 11.3 Å². The summed E-state index contributed by atoms with van der Waals surface area (Å²) in [6.45, 7) is 4.15. The van der Waals surface area contributed by atoms with Gasteiger partial charge in [0, 0.05) is 10.9 Å². The number of methoxy groups -OCH3 is 1. The van der Waals surface area contributed by atoms with Gasteiger partial charge in [-0.15, -0.1) is 11.3 Å². The molecule has 0 spiro atoms. The normalized spacial score (nSPS) is 11.1. The lowest BCUT2D eigenvalue weighted by Gasteiger charge is -2.11. The average Bonchev–Trinajstić information content (AvgIpc) is 3.11. The monoisotopic (exact) mass is 356 g/mol. The van der Waals surface area contributed by atoms with Crippen molar-refractivity contribution >= 4 is 23.3 Å². The van der Waals surface area contributed by atoms with Gasteiger partial charge in [-0.25, -0.2) is 0 Å². The number of carbonyl (C=O) groups is 1. The van der Waals surface area contributed by atoms with E-state index in [2.05, 4.69) is 5.32 Å². The van der Waals surface area contributed by atoms with Crippen molar-refractivity contribution in [3.63, 3.8) is 0 Å². The van der Waals surface area contributed by atoms with E-state index in [4.69, 9.17) is 9.47 Å². The third kappa shape index (κ3) is 5.37. The number of nitriles is 1. The van der Waals surface area contributed by atoms with E-state index in [9.17, 15) is 10.1 Å². The standard InChI is InChI=1S/C19H20N2O3S/c1-13(2)21-19(22)15(11-20)9-14-6-7-17(18(10-14)23-3)24-12-16-5-4-8-25-16/h4-10,13H,12H2,1-3H3,(H,21,22)/b15-9+. The van der Waals surface area contributed by atoms with Crippen molar-refractivity contribution in [1.82, 2.24) is 5.32 Å². The second-order valence-electron chi connectivity index (χ2n) is 5.58. The number of hydrogen-bond acceptors (Lipinski definition) is 5. The number of nitrogens with zero attached hydrogens (tertiary/aromatic N) is 1. The summed E-state index contributed by atoms with van der Waals surface area (Å²) >= 11 is 1.62. The molecule has 0 atom stereocenters. The minimum absolute atomic E-state index is 0.0354. The summed E-state index contributed by atoms with van der Waals surface area (Å²) in [4.78, 5) is 13.1. The molecule has 1 amide bonds. The van der Waals surface area contributed by atoms with Crippen LogP contribution in [0, 0.1) is 11.3 Å². The number of thiophene rings is 1. The molecule has 5 nitrogen and oxygen atoms in total. The zero-order valence-electron chi connectivity index (χ0n) is 14.4. The van der Waals surface area contributed by atoms with Gasteiger partial charge in [-0.3, -0.25) is 4.79 Å². The highest BCUT2D eigenvalue weighted by molar-refractivity contribution is 7.09. The number of amides is 1. The van der Waals surface area contributed by atoms with Gasteiger partial charge in [0.2, 0.25) is 0 Å². The number of carbonyl (C=O) groups excluding carboxylic acids is 1. The van der Waals surface area contributed by atoms with E-state index in [-0.39, 0.29) is 11.6 Å². The maximum Gasteiger partial charge on any atom is 0.262 e. The van der Waals surface area contributed by atoms with Crippen LogP contribution in [0.15, 0.2) is 41.3 Å². The fourth-order valence-corrected chi connectivity index (χ4v) is 2.71. The maximum atomic E-state index is 12.0. The number of ether oxygens (including phenoxy) is 2. The summed E-state index contributed by atoms with van der Waals surface area (Å²) in [6.07, 6.45) is 1.53. The van der Waals surface area contributed by atoms with Crippen LogP contribution in [-0.4, -0.2) is 19.1 Å². The fraction of sp³-hybridized carbons (Fsp3) is 0.263. The predicted molar refractivity (Wildman–Crippen MR) is 98.5 cm³/mol. The molecule has 2 aromatic rings. The number of benzene rings is 1. The van der Waals surface area contributed by atoms with E-state index >= 15 is 0 Å². The Labute approximate surface area is 151 Å². The van der Waals surface area contributed by atoms with Crippen LogP contribution in [0.3, 0.4) is 0 Å². The molecule has 1 aromatic heterocycles. The minimum atomic E-state index is -0.394. The zero-order chi connectivity index (χ0) is 18.2. The molecule has 0 aliphatic heterocycles. The quantitative estimate of drug-likeness (QED) is 0.605. The smallest absolute Gasteiger partial charge is 0.262 e. The Balaban J connectivity index is 2.18. The lowest BCUT2D eigenvalue weighted by atomic mass is 10.1. The predicted octanol–water partition coefficient (Wildman–Crippen LogP) is 3.77. The van der Waals surface area contributed by atoms with Gasteiger partial charge in [0.25, 0.3) is 5.91 Å². The lowest BCUT2D eigenvalue weighted by Crippen LogP contribution is -2.30.